The molecule has 0 amide bonds. The van der Waals surface area contributed by atoms with Gasteiger partial charge in [0.05, 0.1) is 11.4 Å². The van der Waals surface area contributed by atoms with E-state index < -0.39 is 23.9 Å². The molecule has 1 unspecified atom stereocenters. The number of rotatable bonds is 9. The molecule has 1 atom stereocenters. The first-order chi connectivity index (χ1) is 16.0. The Hall–Kier alpha value is -3.46. The Balaban J connectivity index is 0. The second kappa shape index (κ2) is 18.0. The van der Waals surface area contributed by atoms with E-state index in [4.69, 9.17) is 6.42 Å². The van der Waals surface area contributed by atoms with Crippen molar-refractivity contribution in [1.82, 2.24) is 15.5 Å². The molecule has 188 valence electrons. The smallest absolute Gasteiger partial charge is 0.373 e. The van der Waals surface area contributed by atoms with E-state index in [1.165, 1.54) is 0 Å². The van der Waals surface area contributed by atoms with Gasteiger partial charge in [0.25, 0.3) is 0 Å². The minimum Gasteiger partial charge on any atom is -0.373 e. The molecule has 1 aliphatic heterocycles. The fourth-order valence-electron chi connectivity index (χ4n) is 2.42. The summed E-state index contributed by atoms with van der Waals surface area (Å²) in [6, 6.07) is -2.28. The highest BCUT2D eigenvalue weighted by Gasteiger charge is 2.43. The van der Waals surface area contributed by atoms with E-state index >= 15 is 0 Å². The molecule has 9 heteroatoms. The number of dihydropyridines is 1. The first-order valence-corrected chi connectivity index (χ1v) is 10.4. The summed E-state index contributed by atoms with van der Waals surface area (Å²) in [6.07, 6.45) is 15.7. The molecule has 1 aliphatic rings. The van der Waals surface area contributed by atoms with Crippen molar-refractivity contribution in [3.63, 3.8) is 0 Å². The molecule has 0 aromatic rings. The van der Waals surface area contributed by atoms with Crippen LogP contribution in [0.4, 0.5) is 22.0 Å². The molecule has 0 aliphatic carbocycles. The average molecular weight is 485 g/mol. The van der Waals surface area contributed by atoms with Gasteiger partial charge in [0.1, 0.15) is 17.5 Å². The normalized spacial score (nSPS) is 15.2. The van der Waals surface area contributed by atoms with Gasteiger partial charge in [0, 0.05) is 38.3 Å². The van der Waals surface area contributed by atoms with Gasteiger partial charge in [-0.15, -0.1) is 25.2 Å². The summed E-state index contributed by atoms with van der Waals surface area (Å²) >= 11 is 0. The molecule has 0 radical (unpaired) electrons. The van der Waals surface area contributed by atoms with Gasteiger partial charge in [-0.3, -0.25) is 0 Å². The van der Waals surface area contributed by atoms with Gasteiger partial charge in [-0.25, -0.2) is 13.8 Å². The van der Waals surface area contributed by atoms with Gasteiger partial charge in [-0.1, -0.05) is 33.1 Å². The highest BCUT2D eigenvalue weighted by atomic mass is 19.4. The van der Waals surface area contributed by atoms with Crippen LogP contribution in [-0.4, -0.2) is 36.0 Å². The third-order valence-electron chi connectivity index (χ3n) is 4.02. The average Bonchev–Trinajstić information content (AvgIpc) is 2.79. The lowest BCUT2D eigenvalue weighted by Crippen LogP contribution is -2.43. The van der Waals surface area contributed by atoms with E-state index in [0.717, 1.165) is 25.2 Å². The van der Waals surface area contributed by atoms with Gasteiger partial charge < -0.3 is 15.5 Å². The van der Waals surface area contributed by atoms with Crippen molar-refractivity contribution in [2.75, 3.05) is 13.1 Å². The summed E-state index contributed by atoms with van der Waals surface area (Å²) in [5.74, 6) is 1.28. The van der Waals surface area contributed by atoms with Crippen molar-refractivity contribution in [3.05, 3.63) is 60.8 Å². The number of aliphatic imine (C=N–C) groups is 1. The summed E-state index contributed by atoms with van der Waals surface area (Å²) in [4.78, 5) is 5.85. The third kappa shape index (κ3) is 13.2. The highest BCUT2D eigenvalue weighted by Crippen LogP contribution is 2.28. The molecule has 0 aromatic heterocycles. The van der Waals surface area contributed by atoms with E-state index in [2.05, 4.69) is 42.2 Å². The molecule has 34 heavy (non-hydrogen) atoms. The maximum Gasteiger partial charge on any atom is 0.415 e. The Labute approximate surface area is 200 Å². The molecule has 0 saturated carbocycles. The molecule has 0 aromatic carbocycles. The van der Waals surface area contributed by atoms with Gasteiger partial charge >= 0.3 is 6.18 Å². The van der Waals surface area contributed by atoms with E-state index in [1.54, 1.807) is 19.2 Å². The minimum atomic E-state index is -4.66. The Morgan fingerprint density at radius 3 is 2.32 bits per heavy atom. The lowest BCUT2D eigenvalue weighted by molar-refractivity contribution is -0.148. The molecule has 0 bridgehead atoms. The largest absolute Gasteiger partial charge is 0.415 e. The van der Waals surface area contributed by atoms with Crippen LogP contribution in [0, 0.1) is 25.2 Å². The first-order valence-electron chi connectivity index (χ1n) is 10.4. The van der Waals surface area contributed by atoms with E-state index in [1.807, 2.05) is 24.1 Å². The lowest BCUT2D eigenvalue weighted by Gasteiger charge is -2.24. The molecule has 0 fully saturated rings. The van der Waals surface area contributed by atoms with Crippen LogP contribution in [0.2, 0.25) is 0 Å². The number of allylic oxidation sites excluding steroid dienone is 3. The van der Waals surface area contributed by atoms with Crippen molar-refractivity contribution in [2.24, 2.45) is 4.99 Å². The molecule has 4 nitrogen and oxygen atoms in total. The highest BCUT2D eigenvalue weighted by molar-refractivity contribution is 5.84. The predicted molar refractivity (Wildman–Crippen MR) is 131 cm³/mol. The standard InChI is InChI=1S/C12H15F4N3.C11H16FN.C2H2/c1-3-5-17-10(4-2)19-8-6-9(13)11(18-7-8)12(14,15)16;1-5-7-9-13(8-6-2)11(4)10(3)12;1-2/h3,5-7,11,18H,4H2,1-2H3,(H,17,19);1H,3-4,6-9H2,2H3;1-2H/b5-3-;;. The molecule has 1 rings (SSSR count). The summed E-state index contributed by atoms with van der Waals surface area (Å²) in [5, 5.41) is 4.74. The van der Waals surface area contributed by atoms with Gasteiger partial charge in [0.2, 0.25) is 0 Å². The number of halogens is 5. The van der Waals surface area contributed by atoms with Crippen LogP contribution < -0.4 is 10.6 Å². The topological polar surface area (TPSA) is 39.7 Å². The zero-order valence-electron chi connectivity index (χ0n) is 19.9. The van der Waals surface area contributed by atoms with Crippen LogP contribution in [0.25, 0.3) is 0 Å². The Kier molecular flexibility index (Phi) is 17.3. The number of terminal acetylenes is 2. The maximum atomic E-state index is 13.3. The van der Waals surface area contributed by atoms with E-state index in [9.17, 15) is 22.0 Å². The fourth-order valence-corrected chi connectivity index (χ4v) is 2.42. The number of alkyl halides is 3. The van der Waals surface area contributed by atoms with Crippen LogP contribution in [0.3, 0.4) is 0 Å². The number of nitrogens with one attached hydrogen (secondary N) is 2. The zero-order valence-corrected chi connectivity index (χ0v) is 19.9. The molecular formula is C25H33F5N4. The van der Waals surface area contributed by atoms with Crippen LogP contribution >= 0.6 is 0 Å². The van der Waals surface area contributed by atoms with E-state index in [0.29, 0.717) is 30.9 Å². The molecular weight excluding hydrogens is 451 g/mol. The van der Waals surface area contributed by atoms with Gasteiger partial charge in [0.15, 0.2) is 6.04 Å². The number of hydrogen-bond donors (Lipinski definition) is 2. The molecule has 1 heterocycles. The second-order valence-electron chi connectivity index (χ2n) is 6.60. The van der Waals surface area contributed by atoms with Crippen LogP contribution in [-0.2, 0) is 0 Å². The van der Waals surface area contributed by atoms with Gasteiger partial charge in [-0.2, -0.15) is 13.2 Å². The lowest BCUT2D eigenvalue weighted by atomic mass is 10.1. The molecule has 2 N–H and O–H groups in total. The van der Waals surface area contributed by atoms with Crippen molar-refractivity contribution in [3.8, 4) is 25.2 Å². The SMILES string of the molecule is C#C.C#CCCN(CCC)C(=C)C(=C)F.C/C=C\N=C(CC)NC1=CNC(C(F)(F)F)C(F)=C1. The maximum absolute atomic E-state index is 13.3. The third-order valence-corrected chi connectivity index (χ3v) is 4.02. The van der Waals surface area contributed by atoms with Crippen LogP contribution in [0.15, 0.2) is 65.8 Å². The van der Waals surface area contributed by atoms with Crippen molar-refractivity contribution in [1.29, 1.82) is 0 Å². The Morgan fingerprint density at radius 1 is 1.29 bits per heavy atom. The van der Waals surface area contributed by atoms with Crippen molar-refractivity contribution < 1.29 is 22.0 Å². The van der Waals surface area contributed by atoms with Crippen molar-refractivity contribution >= 4 is 5.84 Å². The number of nitrogens with zero attached hydrogens (tertiary/aromatic N) is 2. The van der Waals surface area contributed by atoms with Crippen LogP contribution in [0.5, 0.6) is 0 Å². The number of amidine groups is 1. The molecule has 0 spiro atoms. The number of hydrogen-bond acceptors (Lipinski definition) is 3. The molecule has 0 saturated heterocycles. The monoisotopic (exact) mass is 484 g/mol. The van der Waals surface area contributed by atoms with Crippen LogP contribution in [0.1, 0.15) is 40.0 Å². The quantitative estimate of drug-likeness (QED) is 0.136. The summed E-state index contributed by atoms with van der Waals surface area (Å²) in [5.41, 5.74) is 0.542. The summed E-state index contributed by atoms with van der Waals surface area (Å²) in [6.45, 7) is 13.9. The Bertz CT molecular complexity index is 826. The fraction of sp³-hybridized carbons (Fsp3) is 0.400. The first kappa shape index (κ1) is 32.7. The predicted octanol–water partition coefficient (Wildman–Crippen LogP) is 6.12. The van der Waals surface area contributed by atoms with E-state index in [-0.39, 0.29) is 5.70 Å². The van der Waals surface area contributed by atoms with Crippen molar-refractivity contribution in [2.45, 2.75) is 52.3 Å². The summed E-state index contributed by atoms with van der Waals surface area (Å²) in [7, 11) is 0. The second-order valence-corrected chi connectivity index (χ2v) is 6.60. The Morgan fingerprint density at radius 2 is 1.91 bits per heavy atom. The zero-order chi connectivity index (χ0) is 26.7. The summed E-state index contributed by atoms with van der Waals surface area (Å²) < 4.78 is 63.2. The van der Waals surface area contributed by atoms with Gasteiger partial charge in [-0.05, 0) is 19.4 Å². The minimum absolute atomic E-state index is 0.197.